The highest BCUT2D eigenvalue weighted by molar-refractivity contribution is 4.98. The zero-order chi connectivity index (χ0) is 11.8. The fourth-order valence-corrected chi connectivity index (χ4v) is 2.98. The maximum Gasteiger partial charge on any atom is 0.391 e. The zero-order valence-corrected chi connectivity index (χ0v) is 9.22. The highest BCUT2D eigenvalue weighted by Crippen LogP contribution is 2.44. The Morgan fingerprint density at radius 3 is 2.56 bits per heavy atom. The van der Waals surface area contributed by atoms with Gasteiger partial charge in [0.2, 0.25) is 0 Å². The average molecular weight is 237 g/mol. The number of hydrogen-bond acceptors (Lipinski definition) is 2. The van der Waals surface area contributed by atoms with E-state index in [0.29, 0.717) is 26.1 Å². The summed E-state index contributed by atoms with van der Waals surface area (Å²) >= 11 is 0. The van der Waals surface area contributed by atoms with Crippen molar-refractivity contribution in [2.45, 2.75) is 43.8 Å². The summed E-state index contributed by atoms with van der Waals surface area (Å²) in [6.07, 6.45) is -1.70. The van der Waals surface area contributed by atoms with Crippen molar-refractivity contribution < 1.29 is 17.9 Å². The Kier molecular flexibility index (Phi) is 3.18. The van der Waals surface area contributed by atoms with Gasteiger partial charge in [0.1, 0.15) is 0 Å². The first-order valence-corrected chi connectivity index (χ1v) is 5.85. The fourth-order valence-electron chi connectivity index (χ4n) is 2.98. The molecular formula is C11H18F3NO. The summed E-state index contributed by atoms with van der Waals surface area (Å²) in [6.45, 7) is 1.17. The SMILES string of the molecule is NC1(C2CCOC2)CCCC(C(F)(F)F)C1. The molecule has 1 saturated heterocycles. The van der Waals surface area contributed by atoms with Crippen LogP contribution in [0.2, 0.25) is 0 Å². The number of alkyl halides is 3. The van der Waals surface area contributed by atoms with Gasteiger partial charge in [0.15, 0.2) is 0 Å². The molecule has 0 aromatic heterocycles. The lowest BCUT2D eigenvalue weighted by atomic mass is 9.69. The second-order valence-electron chi connectivity index (χ2n) is 5.13. The highest BCUT2D eigenvalue weighted by Gasteiger charge is 2.49. The Morgan fingerprint density at radius 2 is 2.00 bits per heavy atom. The van der Waals surface area contributed by atoms with E-state index in [4.69, 9.17) is 10.5 Å². The lowest BCUT2D eigenvalue weighted by Gasteiger charge is -2.42. The number of hydrogen-bond donors (Lipinski definition) is 1. The van der Waals surface area contributed by atoms with E-state index in [-0.39, 0.29) is 18.8 Å². The summed E-state index contributed by atoms with van der Waals surface area (Å²) in [4.78, 5) is 0. The first-order chi connectivity index (χ1) is 7.42. The van der Waals surface area contributed by atoms with E-state index in [1.807, 2.05) is 0 Å². The molecule has 2 N–H and O–H groups in total. The van der Waals surface area contributed by atoms with Gasteiger partial charge in [-0.3, -0.25) is 0 Å². The molecule has 0 aromatic carbocycles. The largest absolute Gasteiger partial charge is 0.391 e. The number of ether oxygens (including phenoxy) is 1. The Labute approximate surface area is 93.3 Å². The van der Waals surface area contributed by atoms with Crippen LogP contribution in [0.4, 0.5) is 13.2 Å². The van der Waals surface area contributed by atoms with E-state index in [9.17, 15) is 13.2 Å². The van der Waals surface area contributed by atoms with Gasteiger partial charge in [-0.25, -0.2) is 0 Å². The molecular weight excluding hydrogens is 219 g/mol. The maximum absolute atomic E-state index is 12.7. The maximum atomic E-state index is 12.7. The molecule has 1 aliphatic carbocycles. The molecule has 0 aromatic rings. The van der Waals surface area contributed by atoms with E-state index < -0.39 is 17.6 Å². The lowest BCUT2D eigenvalue weighted by Crippen LogP contribution is -2.52. The summed E-state index contributed by atoms with van der Waals surface area (Å²) < 4.78 is 43.3. The van der Waals surface area contributed by atoms with Crippen LogP contribution in [0.5, 0.6) is 0 Å². The molecule has 94 valence electrons. The van der Waals surface area contributed by atoms with Crippen LogP contribution < -0.4 is 5.73 Å². The zero-order valence-electron chi connectivity index (χ0n) is 9.22. The topological polar surface area (TPSA) is 35.2 Å². The predicted molar refractivity (Wildman–Crippen MR) is 53.9 cm³/mol. The minimum atomic E-state index is -4.09. The van der Waals surface area contributed by atoms with E-state index in [2.05, 4.69) is 0 Å². The van der Waals surface area contributed by atoms with E-state index >= 15 is 0 Å². The second-order valence-corrected chi connectivity index (χ2v) is 5.13. The first kappa shape index (κ1) is 12.2. The van der Waals surface area contributed by atoms with Crippen molar-refractivity contribution in [3.8, 4) is 0 Å². The summed E-state index contributed by atoms with van der Waals surface area (Å²) in [5.41, 5.74) is 5.51. The molecule has 1 saturated carbocycles. The number of halogens is 3. The van der Waals surface area contributed by atoms with Gasteiger partial charge in [0, 0.05) is 18.1 Å². The average Bonchev–Trinajstić information content (AvgIpc) is 2.69. The monoisotopic (exact) mass is 237 g/mol. The van der Waals surface area contributed by atoms with Gasteiger partial charge in [-0.15, -0.1) is 0 Å². The van der Waals surface area contributed by atoms with Crippen LogP contribution in [0.15, 0.2) is 0 Å². The molecule has 1 aliphatic heterocycles. The van der Waals surface area contributed by atoms with Crippen molar-refractivity contribution in [3.05, 3.63) is 0 Å². The Bertz CT molecular complexity index is 250. The molecule has 16 heavy (non-hydrogen) atoms. The van der Waals surface area contributed by atoms with E-state index in [1.165, 1.54) is 0 Å². The van der Waals surface area contributed by atoms with Crippen molar-refractivity contribution in [2.75, 3.05) is 13.2 Å². The molecule has 2 nitrogen and oxygen atoms in total. The molecule has 0 bridgehead atoms. The predicted octanol–water partition coefficient (Wildman–Crippen LogP) is 2.47. The summed E-state index contributed by atoms with van der Waals surface area (Å²) in [5, 5.41) is 0. The molecule has 3 unspecified atom stereocenters. The first-order valence-electron chi connectivity index (χ1n) is 5.85. The third-order valence-electron chi connectivity index (χ3n) is 4.03. The van der Waals surface area contributed by atoms with Gasteiger partial charge >= 0.3 is 6.18 Å². The normalized spacial score (nSPS) is 41.2. The summed E-state index contributed by atoms with van der Waals surface area (Å²) in [5.74, 6) is -1.11. The van der Waals surface area contributed by atoms with Crippen molar-refractivity contribution in [3.63, 3.8) is 0 Å². The van der Waals surface area contributed by atoms with Crippen LogP contribution in [0, 0.1) is 11.8 Å². The minimum Gasteiger partial charge on any atom is -0.381 e. The smallest absolute Gasteiger partial charge is 0.381 e. The highest BCUT2D eigenvalue weighted by atomic mass is 19.4. The van der Waals surface area contributed by atoms with Crippen LogP contribution in [-0.4, -0.2) is 24.9 Å². The molecule has 5 heteroatoms. The molecule has 0 radical (unpaired) electrons. The van der Waals surface area contributed by atoms with Gasteiger partial charge < -0.3 is 10.5 Å². The van der Waals surface area contributed by atoms with Gasteiger partial charge in [-0.2, -0.15) is 13.2 Å². The molecule has 0 amide bonds. The van der Waals surface area contributed by atoms with E-state index in [1.54, 1.807) is 0 Å². The number of rotatable bonds is 1. The molecule has 2 fully saturated rings. The minimum absolute atomic E-state index is 0.0739. The Balaban J connectivity index is 2.04. The van der Waals surface area contributed by atoms with Gasteiger partial charge in [-0.05, 0) is 25.7 Å². The van der Waals surface area contributed by atoms with Crippen molar-refractivity contribution in [1.29, 1.82) is 0 Å². The lowest BCUT2D eigenvalue weighted by molar-refractivity contribution is -0.189. The van der Waals surface area contributed by atoms with Crippen molar-refractivity contribution >= 4 is 0 Å². The van der Waals surface area contributed by atoms with Crippen LogP contribution in [0.1, 0.15) is 32.1 Å². The van der Waals surface area contributed by atoms with Crippen LogP contribution >= 0.6 is 0 Å². The van der Waals surface area contributed by atoms with E-state index in [0.717, 1.165) is 6.42 Å². The standard InChI is InChI=1S/C11H18F3NO/c12-11(13,14)8-2-1-4-10(15,6-8)9-3-5-16-7-9/h8-9H,1-7,15H2. The van der Waals surface area contributed by atoms with Gasteiger partial charge in [0.05, 0.1) is 12.5 Å². The number of nitrogens with two attached hydrogens (primary N) is 1. The summed E-state index contributed by atoms with van der Waals surface area (Å²) in [6, 6.07) is 0. The van der Waals surface area contributed by atoms with Gasteiger partial charge in [-0.1, -0.05) is 6.42 Å². The quantitative estimate of drug-likeness (QED) is 0.760. The van der Waals surface area contributed by atoms with Crippen molar-refractivity contribution in [2.24, 2.45) is 17.6 Å². The van der Waals surface area contributed by atoms with Gasteiger partial charge in [0.25, 0.3) is 0 Å². The molecule has 2 aliphatic rings. The van der Waals surface area contributed by atoms with Crippen molar-refractivity contribution in [1.82, 2.24) is 0 Å². The summed E-state index contributed by atoms with van der Waals surface area (Å²) in [7, 11) is 0. The fraction of sp³-hybridized carbons (Fsp3) is 1.00. The molecule has 2 rings (SSSR count). The van der Waals surface area contributed by atoms with Crippen LogP contribution in [-0.2, 0) is 4.74 Å². The van der Waals surface area contributed by atoms with Crippen LogP contribution in [0.3, 0.4) is 0 Å². The molecule has 0 spiro atoms. The molecule has 1 heterocycles. The third kappa shape index (κ3) is 2.35. The Morgan fingerprint density at radius 1 is 1.25 bits per heavy atom. The third-order valence-corrected chi connectivity index (χ3v) is 4.03. The Hall–Kier alpha value is -0.290. The van der Waals surface area contributed by atoms with Crippen LogP contribution in [0.25, 0.3) is 0 Å². The molecule has 3 atom stereocenters. The second kappa shape index (κ2) is 4.18.